The number of anilines is 1. The fraction of sp³-hybridized carbons (Fsp3) is 0.412. The highest BCUT2D eigenvalue weighted by molar-refractivity contribution is 5.42. The number of benzene rings is 1. The normalized spacial score (nSPS) is 16.6. The van der Waals surface area contributed by atoms with Crippen LogP contribution >= 0.6 is 0 Å². The lowest BCUT2D eigenvalue weighted by Gasteiger charge is -2.25. The predicted molar refractivity (Wildman–Crippen MR) is 85.7 cm³/mol. The van der Waals surface area contributed by atoms with Crippen LogP contribution in [0, 0.1) is 5.92 Å². The third-order valence-corrected chi connectivity index (χ3v) is 3.88. The SMILES string of the molecule is COc1ccc2c(c1)OC[C@@H](Cc1nccc(N(C)C)n1)C2. The van der Waals surface area contributed by atoms with E-state index in [1.807, 2.05) is 43.4 Å². The van der Waals surface area contributed by atoms with E-state index in [0.29, 0.717) is 12.5 Å². The molecule has 0 N–H and O–H groups in total. The fourth-order valence-corrected chi connectivity index (χ4v) is 2.67. The van der Waals surface area contributed by atoms with Crippen LogP contribution in [0.2, 0.25) is 0 Å². The molecule has 116 valence electrons. The van der Waals surface area contributed by atoms with Crippen LogP contribution in [0.4, 0.5) is 5.82 Å². The number of nitrogens with zero attached hydrogens (tertiary/aromatic N) is 3. The summed E-state index contributed by atoms with van der Waals surface area (Å²) in [4.78, 5) is 11.0. The molecule has 1 aliphatic heterocycles. The molecule has 0 fully saturated rings. The molecule has 0 aliphatic carbocycles. The Hall–Kier alpha value is -2.30. The van der Waals surface area contributed by atoms with Gasteiger partial charge in [0.1, 0.15) is 23.1 Å². The van der Waals surface area contributed by atoms with Crippen molar-refractivity contribution < 1.29 is 9.47 Å². The zero-order chi connectivity index (χ0) is 15.5. The number of hydrogen-bond acceptors (Lipinski definition) is 5. The fourth-order valence-electron chi connectivity index (χ4n) is 2.67. The zero-order valence-corrected chi connectivity index (χ0v) is 13.2. The summed E-state index contributed by atoms with van der Waals surface area (Å²) in [6, 6.07) is 7.93. The predicted octanol–water partition coefficient (Wildman–Crippen LogP) is 2.34. The van der Waals surface area contributed by atoms with Crippen molar-refractivity contribution >= 4 is 5.82 Å². The van der Waals surface area contributed by atoms with Crippen LogP contribution in [-0.4, -0.2) is 37.8 Å². The average molecular weight is 299 g/mol. The third-order valence-electron chi connectivity index (χ3n) is 3.88. The van der Waals surface area contributed by atoms with Gasteiger partial charge in [0.2, 0.25) is 0 Å². The molecule has 0 bridgehead atoms. The maximum Gasteiger partial charge on any atom is 0.131 e. The van der Waals surface area contributed by atoms with Gasteiger partial charge >= 0.3 is 0 Å². The maximum absolute atomic E-state index is 5.88. The van der Waals surface area contributed by atoms with Gasteiger partial charge in [-0.2, -0.15) is 0 Å². The van der Waals surface area contributed by atoms with Gasteiger partial charge < -0.3 is 14.4 Å². The van der Waals surface area contributed by atoms with Crippen molar-refractivity contribution in [3.8, 4) is 11.5 Å². The quantitative estimate of drug-likeness (QED) is 0.867. The van der Waals surface area contributed by atoms with Crippen molar-refractivity contribution in [3.05, 3.63) is 41.9 Å². The van der Waals surface area contributed by atoms with E-state index in [4.69, 9.17) is 9.47 Å². The lowest BCUT2D eigenvalue weighted by molar-refractivity contribution is 0.218. The Bertz CT molecular complexity index is 658. The molecule has 0 saturated heterocycles. The van der Waals surface area contributed by atoms with Crippen molar-refractivity contribution in [2.45, 2.75) is 12.8 Å². The Kier molecular flexibility index (Phi) is 4.13. The van der Waals surface area contributed by atoms with Crippen LogP contribution in [0.1, 0.15) is 11.4 Å². The van der Waals surface area contributed by atoms with Gasteiger partial charge in [0.25, 0.3) is 0 Å². The molecule has 2 aromatic rings. The molecule has 2 heterocycles. The molecular formula is C17H21N3O2. The molecule has 1 aliphatic rings. The monoisotopic (exact) mass is 299 g/mol. The highest BCUT2D eigenvalue weighted by Gasteiger charge is 2.21. The van der Waals surface area contributed by atoms with Gasteiger partial charge in [-0.05, 0) is 24.1 Å². The third kappa shape index (κ3) is 3.13. The molecule has 3 rings (SSSR count). The molecule has 22 heavy (non-hydrogen) atoms. The number of methoxy groups -OCH3 is 1. The van der Waals surface area contributed by atoms with Crippen LogP contribution in [-0.2, 0) is 12.8 Å². The molecule has 0 unspecified atom stereocenters. The van der Waals surface area contributed by atoms with Crippen molar-refractivity contribution in [3.63, 3.8) is 0 Å². The maximum atomic E-state index is 5.88. The van der Waals surface area contributed by atoms with E-state index in [9.17, 15) is 0 Å². The molecule has 0 radical (unpaired) electrons. The van der Waals surface area contributed by atoms with Gasteiger partial charge in [-0.25, -0.2) is 9.97 Å². The molecule has 5 heteroatoms. The Morgan fingerprint density at radius 3 is 2.95 bits per heavy atom. The zero-order valence-electron chi connectivity index (χ0n) is 13.2. The molecule has 0 amide bonds. The van der Waals surface area contributed by atoms with Gasteiger partial charge in [-0.1, -0.05) is 6.07 Å². The van der Waals surface area contributed by atoms with Crippen LogP contribution in [0.5, 0.6) is 11.5 Å². The van der Waals surface area contributed by atoms with E-state index in [0.717, 1.165) is 36.0 Å². The van der Waals surface area contributed by atoms with Gasteiger partial charge in [0.15, 0.2) is 0 Å². The lowest BCUT2D eigenvalue weighted by Crippen LogP contribution is -2.24. The first-order valence-corrected chi connectivity index (χ1v) is 7.44. The van der Waals surface area contributed by atoms with Crippen molar-refractivity contribution in [1.29, 1.82) is 0 Å². The number of rotatable bonds is 4. The molecule has 0 spiro atoms. The lowest BCUT2D eigenvalue weighted by atomic mass is 9.93. The van der Waals surface area contributed by atoms with E-state index in [1.54, 1.807) is 7.11 Å². The van der Waals surface area contributed by atoms with E-state index >= 15 is 0 Å². The van der Waals surface area contributed by atoms with E-state index in [2.05, 4.69) is 16.0 Å². The highest BCUT2D eigenvalue weighted by Crippen LogP contribution is 2.31. The molecule has 5 nitrogen and oxygen atoms in total. The van der Waals surface area contributed by atoms with Gasteiger partial charge in [0.05, 0.1) is 13.7 Å². The first kappa shape index (κ1) is 14.6. The largest absolute Gasteiger partial charge is 0.497 e. The van der Waals surface area contributed by atoms with Crippen LogP contribution in [0.3, 0.4) is 0 Å². The van der Waals surface area contributed by atoms with E-state index in [-0.39, 0.29) is 0 Å². The first-order valence-electron chi connectivity index (χ1n) is 7.44. The Morgan fingerprint density at radius 1 is 1.32 bits per heavy atom. The smallest absolute Gasteiger partial charge is 0.131 e. The summed E-state index contributed by atoms with van der Waals surface area (Å²) < 4.78 is 11.1. The van der Waals surface area contributed by atoms with Crippen LogP contribution in [0.15, 0.2) is 30.5 Å². The van der Waals surface area contributed by atoms with Crippen molar-refractivity contribution in [2.75, 3.05) is 32.7 Å². The van der Waals surface area contributed by atoms with Crippen molar-refractivity contribution in [2.24, 2.45) is 5.92 Å². The second-order valence-electron chi connectivity index (χ2n) is 5.78. The Balaban J connectivity index is 1.71. The minimum Gasteiger partial charge on any atom is -0.497 e. The van der Waals surface area contributed by atoms with E-state index < -0.39 is 0 Å². The van der Waals surface area contributed by atoms with Gasteiger partial charge in [-0.15, -0.1) is 0 Å². The second kappa shape index (κ2) is 6.22. The Morgan fingerprint density at radius 2 is 2.18 bits per heavy atom. The van der Waals surface area contributed by atoms with E-state index in [1.165, 1.54) is 5.56 Å². The molecule has 1 aromatic heterocycles. The number of fused-ring (bicyclic) bond motifs is 1. The van der Waals surface area contributed by atoms with Crippen molar-refractivity contribution in [1.82, 2.24) is 9.97 Å². The standard InChI is InChI=1S/C17H21N3O2/c1-20(2)17-6-7-18-16(19-17)9-12-8-13-4-5-14(21-3)10-15(13)22-11-12/h4-7,10,12H,8-9,11H2,1-3H3/t12-/m1/s1. The number of aromatic nitrogens is 2. The summed E-state index contributed by atoms with van der Waals surface area (Å²) in [5, 5.41) is 0. The number of hydrogen-bond donors (Lipinski definition) is 0. The summed E-state index contributed by atoms with van der Waals surface area (Å²) in [6.07, 6.45) is 3.63. The summed E-state index contributed by atoms with van der Waals surface area (Å²) in [7, 11) is 5.64. The molecule has 0 saturated carbocycles. The summed E-state index contributed by atoms with van der Waals surface area (Å²) in [5.41, 5.74) is 1.22. The number of ether oxygens (including phenoxy) is 2. The second-order valence-corrected chi connectivity index (χ2v) is 5.78. The minimum atomic E-state index is 0.401. The average Bonchev–Trinajstić information content (AvgIpc) is 2.54. The molecular weight excluding hydrogens is 278 g/mol. The molecule has 1 aromatic carbocycles. The highest BCUT2D eigenvalue weighted by atomic mass is 16.5. The first-order chi connectivity index (χ1) is 10.7. The van der Waals surface area contributed by atoms with Crippen LogP contribution < -0.4 is 14.4 Å². The minimum absolute atomic E-state index is 0.401. The van der Waals surface area contributed by atoms with Gasteiger partial charge in [-0.3, -0.25) is 0 Å². The van der Waals surface area contributed by atoms with Gasteiger partial charge in [0, 0.05) is 38.7 Å². The summed E-state index contributed by atoms with van der Waals surface area (Å²) >= 11 is 0. The summed E-state index contributed by atoms with van der Waals surface area (Å²) in [6.45, 7) is 0.690. The molecule has 1 atom stereocenters. The Labute approximate surface area is 130 Å². The summed E-state index contributed by atoms with van der Waals surface area (Å²) in [5.74, 6) is 3.97. The topological polar surface area (TPSA) is 47.5 Å². The van der Waals surface area contributed by atoms with Crippen LogP contribution in [0.25, 0.3) is 0 Å².